The van der Waals surface area contributed by atoms with Crippen molar-refractivity contribution in [3.05, 3.63) is 29.8 Å². The molecule has 1 rings (SSSR count). The number of hydrogen-bond donors (Lipinski definition) is 0. The molecule has 4 nitrogen and oxygen atoms in total. The van der Waals surface area contributed by atoms with Gasteiger partial charge in [0.05, 0.1) is 6.61 Å². The molecule has 140 valence electrons. The minimum absolute atomic E-state index is 0.223. The van der Waals surface area contributed by atoms with Crippen LogP contribution in [-0.2, 0) is 14.3 Å². The van der Waals surface area contributed by atoms with Crippen molar-refractivity contribution >= 4 is 11.9 Å². The van der Waals surface area contributed by atoms with E-state index in [9.17, 15) is 9.59 Å². The highest BCUT2D eigenvalue weighted by atomic mass is 16.5. The van der Waals surface area contributed by atoms with E-state index in [1.807, 2.05) is 25.1 Å². The second kappa shape index (κ2) is 13.5. The van der Waals surface area contributed by atoms with Crippen LogP contribution < -0.4 is 4.74 Å². The molecule has 0 aliphatic carbocycles. The molecule has 0 N–H and O–H groups in total. The smallest absolute Gasteiger partial charge is 0.311 e. The van der Waals surface area contributed by atoms with E-state index >= 15 is 0 Å². The zero-order valence-electron chi connectivity index (χ0n) is 15.7. The van der Waals surface area contributed by atoms with Gasteiger partial charge in [0, 0.05) is 12.8 Å². The Morgan fingerprint density at radius 3 is 2.20 bits per heavy atom. The quantitative estimate of drug-likeness (QED) is 0.273. The molecule has 25 heavy (non-hydrogen) atoms. The molecule has 1 aromatic carbocycles. The van der Waals surface area contributed by atoms with E-state index in [4.69, 9.17) is 9.47 Å². The first-order chi connectivity index (χ1) is 12.1. The Morgan fingerprint density at radius 2 is 1.48 bits per heavy atom. The van der Waals surface area contributed by atoms with E-state index in [0.717, 1.165) is 18.4 Å². The Bertz CT molecular complexity index is 510. The number of esters is 2. The van der Waals surface area contributed by atoms with Crippen molar-refractivity contribution in [2.24, 2.45) is 0 Å². The van der Waals surface area contributed by atoms with Crippen molar-refractivity contribution in [3.63, 3.8) is 0 Å². The van der Waals surface area contributed by atoms with Gasteiger partial charge in [0.2, 0.25) is 0 Å². The maximum atomic E-state index is 11.8. The van der Waals surface area contributed by atoms with E-state index < -0.39 is 0 Å². The second-order valence-corrected chi connectivity index (χ2v) is 6.43. The van der Waals surface area contributed by atoms with Crippen LogP contribution in [0.3, 0.4) is 0 Å². The molecule has 0 saturated carbocycles. The van der Waals surface area contributed by atoms with Crippen LogP contribution in [0, 0.1) is 6.92 Å². The van der Waals surface area contributed by atoms with Crippen molar-refractivity contribution in [1.29, 1.82) is 0 Å². The molecular formula is C21H32O4. The number of unbranched alkanes of at least 4 members (excludes halogenated alkanes) is 6. The van der Waals surface area contributed by atoms with Gasteiger partial charge in [0.15, 0.2) is 0 Å². The molecule has 0 radical (unpaired) electrons. The summed E-state index contributed by atoms with van der Waals surface area (Å²) in [4.78, 5) is 23.4. The van der Waals surface area contributed by atoms with Crippen molar-refractivity contribution in [2.75, 3.05) is 6.61 Å². The fourth-order valence-corrected chi connectivity index (χ4v) is 2.54. The number of ether oxygens (including phenoxy) is 2. The largest absolute Gasteiger partial charge is 0.466 e. The van der Waals surface area contributed by atoms with Crippen LogP contribution in [-0.4, -0.2) is 18.5 Å². The fraction of sp³-hybridized carbons (Fsp3) is 0.619. The first-order valence-electron chi connectivity index (χ1n) is 9.55. The average Bonchev–Trinajstić information content (AvgIpc) is 2.59. The van der Waals surface area contributed by atoms with Crippen molar-refractivity contribution < 1.29 is 19.1 Å². The molecule has 0 atom stereocenters. The van der Waals surface area contributed by atoms with E-state index in [2.05, 4.69) is 6.92 Å². The van der Waals surface area contributed by atoms with Gasteiger partial charge < -0.3 is 9.47 Å². The van der Waals surface area contributed by atoms with Crippen LogP contribution in [0.25, 0.3) is 0 Å². The van der Waals surface area contributed by atoms with Gasteiger partial charge in [-0.1, -0.05) is 63.6 Å². The lowest BCUT2D eigenvalue weighted by Gasteiger charge is -2.07. The molecule has 0 bridgehead atoms. The summed E-state index contributed by atoms with van der Waals surface area (Å²) in [7, 11) is 0. The zero-order valence-corrected chi connectivity index (χ0v) is 15.7. The Hall–Kier alpha value is -1.84. The van der Waals surface area contributed by atoms with Crippen LogP contribution in [0.5, 0.6) is 5.75 Å². The molecule has 0 spiro atoms. The molecule has 0 saturated heterocycles. The average molecular weight is 348 g/mol. The molecule has 1 aromatic rings. The third-order valence-electron chi connectivity index (χ3n) is 4.09. The summed E-state index contributed by atoms with van der Waals surface area (Å²) in [5, 5.41) is 0. The first kappa shape index (κ1) is 21.2. The molecule has 0 amide bonds. The van der Waals surface area contributed by atoms with Gasteiger partial charge in [-0.2, -0.15) is 0 Å². The number of carbonyl (C=O) groups excluding carboxylic acids is 2. The number of para-hydroxylation sites is 1. The van der Waals surface area contributed by atoms with Gasteiger partial charge in [-0.15, -0.1) is 0 Å². The standard InChI is InChI=1S/C21H32O4/c1-3-4-5-6-7-8-11-17-24-20(22)15-12-16-21(23)25-19-14-10-9-13-18(19)2/h9-10,13-14H,3-8,11-12,15-17H2,1-2H3. The van der Waals surface area contributed by atoms with Crippen molar-refractivity contribution in [1.82, 2.24) is 0 Å². The minimum Gasteiger partial charge on any atom is -0.466 e. The summed E-state index contributed by atoms with van der Waals surface area (Å²) in [6.45, 7) is 4.59. The number of hydrogen-bond acceptors (Lipinski definition) is 4. The van der Waals surface area contributed by atoms with Crippen molar-refractivity contribution in [2.45, 2.75) is 78.1 Å². The summed E-state index contributed by atoms with van der Waals surface area (Å²) < 4.78 is 10.5. The Kier molecular flexibility index (Phi) is 11.4. The van der Waals surface area contributed by atoms with E-state index in [-0.39, 0.29) is 24.8 Å². The lowest BCUT2D eigenvalue weighted by molar-refractivity contribution is -0.144. The number of carbonyl (C=O) groups is 2. The van der Waals surface area contributed by atoms with Gasteiger partial charge in [-0.25, -0.2) is 0 Å². The molecule has 0 aromatic heterocycles. The topological polar surface area (TPSA) is 52.6 Å². The van der Waals surface area contributed by atoms with Crippen LogP contribution in [0.4, 0.5) is 0 Å². The van der Waals surface area contributed by atoms with Gasteiger partial charge in [-0.3, -0.25) is 9.59 Å². The summed E-state index contributed by atoms with van der Waals surface area (Å²) in [6, 6.07) is 7.39. The molecule has 0 aliphatic rings. The summed E-state index contributed by atoms with van der Waals surface area (Å²) in [6.07, 6.45) is 9.33. The predicted molar refractivity (Wildman–Crippen MR) is 99.6 cm³/mol. The Labute approximate surface area is 151 Å². The third kappa shape index (κ3) is 10.6. The van der Waals surface area contributed by atoms with E-state index in [0.29, 0.717) is 18.8 Å². The van der Waals surface area contributed by atoms with Crippen molar-refractivity contribution in [3.8, 4) is 5.75 Å². The summed E-state index contributed by atoms with van der Waals surface area (Å²) in [5.41, 5.74) is 0.921. The molecule has 0 aliphatic heterocycles. The monoisotopic (exact) mass is 348 g/mol. The Balaban J connectivity index is 2.01. The zero-order chi connectivity index (χ0) is 18.3. The van der Waals surface area contributed by atoms with Gasteiger partial charge >= 0.3 is 11.9 Å². The number of benzene rings is 1. The predicted octanol–water partition coefficient (Wildman–Crippen LogP) is 5.36. The third-order valence-corrected chi connectivity index (χ3v) is 4.09. The molecule has 0 heterocycles. The van der Waals surface area contributed by atoms with Gasteiger partial charge in [0.1, 0.15) is 5.75 Å². The molecular weight excluding hydrogens is 316 g/mol. The fourth-order valence-electron chi connectivity index (χ4n) is 2.54. The first-order valence-corrected chi connectivity index (χ1v) is 9.55. The van der Waals surface area contributed by atoms with Crippen LogP contribution in [0.15, 0.2) is 24.3 Å². The lowest BCUT2D eigenvalue weighted by atomic mass is 10.1. The Morgan fingerprint density at radius 1 is 0.840 bits per heavy atom. The van der Waals surface area contributed by atoms with E-state index in [1.165, 1.54) is 32.1 Å². The molecule has 4 heteroatoms. The normalized spacial score (nSPS) is 10.5. The SMILES string of the molecule is CCCCCCCCCOC(=O)CCCC(=O)Oc1ccccc1C. The maximum absolute atomic E-state index is 11.8. The van der Waals surface area contributed by atoms with Crippen LogP contribution in [0.2, 0.25) is 0 Å². The van der Waals surface area contributed by atoms with E-state index in [1.54, 1.807) is 6.07 Å². The number of aryl methyl sites for hydroxylation is 1. The molecule has 0 fully saturated rings. The lowest BCUT2D eigenvalue weighted by Crippen LogP contribution is -2.11. The highest BCUT2D eigenvalue weighted by Crippen LogP contribution is 2.17. The highest BCUT2D eigenvalue weighted by Gasteiger charge is 2.09. The summed E-state index contributed by atoms with van der Waals surface area (Å²) >= 11 is 0. The van der Waals surface area contributed by atoms with Crippen LogP contribution >= 0.6 is 0 Å². The summed E-state index contributed by atoms with van der Waals surface area (Å²) in [5.74, 6) is 0.0397. The number of rotatable bonds is 13. The minimum atomic E-state index is -0.311. The molecule has 0 unspecified atom stereocenters. The maximum Gasteiger partial charge on any atom is 0.311 e. The van der Waals surface area contributed by atoms with Crippen LogP contribution in [0.1, 0.15) is 76.7 Å². The van der Waals surface area contributed by atoms with Gasteiger partial charge in [-0.05, 0) is 31.4 Å². The highest BCUT2D eigenvalue weighted by molar-refractivity contribution is 5.74. The van der Waals surface area contributed by atoms with Gasteiger partial charge in [0.25, 0.3) is 0 Å². The second-order valence-electron chi connectivity index (χ2n) is 6.43.